The van der Waals surface area contributed by atoms with Gasteiger partial charge in [-0.1, -0.05) is 17.7 Å². The number of benzene rings is 2. The number of sulfone groups is 1. The van der Waals surface area contributed by atoms with Gasteiger partial charge in [-0.3, -0.25) is 0 Å². The lowest BCUT2D eigenvalue weighted by Gasteiger charge is -2.26. The van der Waals surface area contributed by atoms with Crippen molar-refractivity contribution < 1.29 is 43.2 Å². The molecular weight excluding hydrogens is 505 g/mol. The Bertz CT molecular complexity index is 1430. The van der Waals surface area contributed by atoms with E-state index >= 15 is 0 Å². The lowest BCUT2D eigenvalue weighted by atomic mass is 10.2. The molecule has 0 bridgehead atoms. The topological polar surface area (TPSA) is 84.7 Å². The van der Waals surface area contributed by atoms with E-state index in [0.29, 0.717) is 0 Å². The summed E-state index contributed by atoms with van der Waals surface area (Å²) in [4.78, 5) is -2.19. The van der Waals surface area contributed by atoms with Crippen LogP contribution in [0.15, 0.2) is 56.9 Å². The summed E-state index contributed by atoms with van der Waals surface area (Å²) in [5, 5.41) is -1.90. The molecule has 1 aromatic heterocycles. The minimum atomic E-state index is -5.28. The molecule has 2 heterocycles. The van der Waals surface area contributed by atoms with Crippen LogP contribution in [0, 0.1) is 36.0 Å². The minimum absolute atomic E-state index is 0.175. The molecule has 0 radical (unpaired) electrons. The Morgan fingerprint density at radius 1 is 0.853 bits per heavy atom. The smallest absolute Gasteiger partial charge is 0.243 e. The molecule has 182 valence electrons. The molecule has 0 amide bonds. The predicted molar refractivity (Wildman–Crippen MR) is 108 cm³/mol. The van der Waals surface area contributed by atoms with Crippen LogP contribution in [0.2, 0.25) is 0 Å². The number of halogens is 5. The van der Waals surface area contributed by atoms with E-state index in [9.17, 15) is 38.8 Å². The quantitative estimate of drug-likeness (QED) is 0.217. The van der Waals surface area contributed by atoms with Gasteiger partial charge in [0, 0.05) is 6.54 Å². The van der Waals surface area contributed by atoms with Gasteiger partial charge in [0.15, 0.2) is 33.1 Å². The van der Waals surface area contributed by atoms with Gasteiger partial charge in [-0.15, -0.1) is 0 Å². The van der Waals surface area contributed by atoms with Crippen molar-refractivity contribution in [1.82, 2.24) is 4.31 Å². The van der Waals surface area contributed by atoms with Gasteiger partial charge in [0.25, 0.3) is 0 Å². The molecule has 1 aliphatic rings. The SMILES string of the molecule is Cc1ccc(S(=O)(=O)N2CC[C@H](S(=O)(=O)c3c(F)c(F)c(F)c(F)c3F)[C@H]2c2ccco2)cc1. The maximum Gasteiger partial charge on any atom is 0.243 e. The molecule has 0 saturated carbocycles. The first kappa shape index (κ1) is 24.4. The second-order valence-electron chi connectivity index (χ2n) is 7.66. The number of hydrogen-bond acceptors (Lipinski definition) is 5. The van der Waals surface area contributed by atoms with Gasteiger partial charge in [-0.05, 0) is 37.6 Å². The van der Waals surface area contributed by atoms with Crippen molar-refractivity contribution in [2.45, 2.75) is 34.4 Å². The van der Waals surface area contributed by atoms with Gasteiger partial charge in [0.1, 0.15) is 16.7 Å². The van der Waals surface area contributed by atoms with Gasteiger partial charge in [0.05, 0.1) is 16.4 Å². The Kier molecular flexibility index (Phi) is 6.07. The average Bonchev–Trinajstić information content (AvgIpc) is 3.46. The third-order valence-corrected chi connectivity index (χ3v) is 9.72. The van der Waals surface area contributed by atoms with Crippen LogP contribution in [-0.4, -0.2) is 32.9 Å². The second-order valence-corrected chi connectivity index (χ2v) is 11.7. The number of sulfonamides is 1. The molecule has 1 aliphatic heterocycles. The average molecular weight is 521 g/mol. The Morgan fingerprint density at radius 3 is 1.94 bits per heavy atom. The summed E-state index contributed by atoms with van der Waals surface area (Å²) in [6.45, 7) is 1.31. The molecule has 2 atom stereocenters. The zero-order valence-electron chi connectivity index (χ0n) is 17.3. The summed E-state index contributed by atoms with van der Waals surface area (Å²) in [6, 6.07) is 6.62. The zero-order valence-corrected chi connectivity index (χ0v) is 18.9. The van der Waals surface area contributed by atoms with Crippen LogP contribution < -0.4 is 0 Å². The van der Waals surface area contributed by atoms with Crippen molar-refractivity contribution in [3.8, 4) is 0 Å². The highest BCUT2D eigenvalue weighted by molar-refractivity contribution is 7.92. The summed E-state index contributed by atoms with van der Waals surface area (Å²) < 4.78 is 129. The molecule has 0 unspecified atom stereocenters. The number of nitrogens with zero attached hydrogens (tertiary/aromatic N) is 1. The first-order chi connectivity index (χ1) is 15.9. The van der Waals surface area contributed by atoms with E-state index in [-0.39, 0.29) is 10.7 Å². The van der Waals surface area contributed by atoms with Crippen molar-refractivity contribution in [2.24, 2.45) is 0 Å². The number of aryl methyl sites for hydroxylation is 1. The highest BCUT2D eigenvalue weighted by Crippen LogP contribution is 2.43. The molecule has 0 spiro atoms. The van der Waals surface area contributed by atoms with Gasteiger partial charge in [-0.2, -0.15) is 4.31 Å². The van der Waals surface area contributed by atoms with Crippen LogP contribution in [0.5, 0.6) is 0 Å². The predicted octanol–water partition coefficient (Wildman–Crippen LogP) is 4.26. The highest BCUT2D eigenvalue weighted by Gasteiger charge is 2.52. The van der Waals surface area contributed by atoms with Crippen LogP contribution in [-0.2, 0) is 19.9 Å². The lowest BCUT2D eigenvalue weighted by Crippen LogP contribution is -2.36. The van der Waals surface area contributed by atoms with Crippen LogP contribution >= 0.6 is 0 Å². The molecule has 0 N–H and O–H groups in total. The fraction of sp³-hybridized carbons (Fsp3) is 0.238. The van der Waals surface area contributed by atoms with E-state index < -0.39 is 78.1 Å². The summed E-state index contributed by atoms with van der Waals surface area (Å²) in [7, 11) is -9.62. The molecule has 3 aromatic rings. The van der Waals surface area contributed by atoms with Gasteiger partial charge in [0.2, 0.25) is 15.8 Å². The van der Waals surface area contributed by atoms with E-state index in [2.05, 4.69) is 0 Å². The zero-order chi connectivity index (χ0) is 25.0. The third kappa shape index (κ3) is 3.71. The third-order valence-electron chi connectivity index (χ3n) is 5.61. The van der Waals surface area contributed by atoms with Crippen LogP contribution in [0.3, 0.4) is 0 Å². The van der Waals surface area contributed by atoms with E-state index in [0.717, 1.165) is 16.1 Å². The number of furan rings is 1. The van der Waals surface area contributed by atoms with Crippen LogP contribution in [0.25, 0.3) is 0 Å². The standard InChI is InChI=1S/C21H16F5NO5S2/c1-11-4-6-12(7-5-11)34(30,31)27-9-8-14(20(27)13-3-2-10-32-13)33(28,29)21-18(25)16(23)15(22)17(24)19(21)26/h2-7,10,14,20H,8-9H2,1H3/t14-,20+/m0/s1. The fourth-order valence-corrected chi connectivity index (χ4v) is 7.69. The number of rotatable bonds is 5. The molecule has 6 nitrogen and oxygen atoms in total. The summed E-state index contributed by atoms with van der Waals surface area (Å²) >= 11 is 0. The first-order valence-corrected chi connectivity index (χ1v) is 12.7. The molecule has 1 fully saturated rings. The molecule has 4 rings (SSSR count). The highest BCUT2D eigenvalue weighted by atomic mass is 32.2. The summed E-state index contributed by atoms with van der Waals surface area (Å²) in [6.07, 6.45) is 0.644. The molecule has 0 aliphatic carbocycles. The molecule has 1 saturated heterocycles. The summed E-state index contributed by atoms with van der Waals surface area (Å²) in [5.74, 6) is -12.6. The Morgan fingerprint density at radius 2 is 1.41 bits per heavy atom. The lowest BCUT2D eigenvalue weighted by molar-refractivity contribution is 0.336. The van der Waals surface area contributed by atoms with Gasteiger partial charge in [-0.25, -0.2) is 38.8 Å². The molecule has 2 aromatic carbocycles. The van der Waals surface area contributed by atoms with Crippen molar-refractivity contribution in [1.29, 1.82) is 0 Å². The second kappa shape index (κ2) is 8.47. The van der Waals surface area contributed by atoms with Crippen LogP contribution in [0.1, 0.15) is 23.8 Å². The van der Waals surface area contributed by atoms with Crippen molar-refractivity contribution >= 4 is 19.9 Å². The molecular formula is C21H16F5NO5S2. The maximum absolute atomic E-state index is 14.4. The Balaban J connectivity index is 1.88. The van der Waals surface area contributed by atoms with Crippen molar-refractivity contribution in [2.75, 3.05) is 6.54 Å². The van der Waals surface area contributed by atoms with E-state index in [1.54, 1.807) is 6.92 Å². The van der Waals surface area contributed by atoms with E-state index in [1.807, 2.05) is 0 Å². The van der Waals surface area contributed by atoms with Crippen LogP contribution in [0.4, 0.5) is 22.0 Å². The van der Waals surface area contributed by atoms with Gasteiger partial charge >= 0.3 is 0 Å². The maximum atomic E-state index is 14.4. The van der Waals surface area contributed by atoms with E-state index in [4.69, 9.17) is 4.42 Å². The number of hydrogen-bond donors (Lipinski definition) is 0. The van der Waals surface area contributed by atoms with E-state index in [1.165, 1.54) is 36.4 Å². The fourth-order valence-electron chi connectivity index (χ4n) is 3.95. The van der Waals surface area contributed by atoms with Crippen molar-refractivity contribution in [3.05, 3.63) is 83.1 Å². The monoisotopic (exact) mass is 521 g/mol. The molecule has 13 heteroatoms. The largest absolute Gasteiger partial charge is 0.468 e. The Labute approximate surface area is 191 Å². The molecule has 34 heavy (non-hydrogen) atoms. The van der Waals surface area contributed by atoms with Crippen molar-refractivity contribution in [3.63, 3.8) is 0 Å². The normalized spacial score (nSPS) is 19.6. The van der Waals surface area contributed by atoms with Gasteiger partial charge < -0.3 is 4.42 Å². The Hall–Kier alpha value is -2.77. The summed E-state index contributed by atoms with van der Waals surface area (Å²) in [5.41, 5.74) is 0.759. The minimum Gasteiger partial charge on any atom is -0.468 e. The first-order valence-electron chi connectivity index (χ1n) is 9.76.